The number of sulfonamides is 1. The molecule has 1 atom stereocenters. The molecule has 3 N–H and O–H groups in total. The molecule has 1 unspecified atom stereocenters. The summed E-state index contributed by atoms with van der Waals surface area (Å²) < 4.78 is 27.2. The maximum Gasteiger partial charge on any atom is 0.250 e. The van der Waals surface area contributed by atoms with E-state index in [-0.39, 0.29) is 9.20 Å². The lowest BCUT2D eigenvalue weighted by atomic mass is 10.2. The van der Waals surface area contributed by atoms with Crippen LogP contribution >= 0.6 is 35.3 Å². The van der Waals surface area contributed by atoms with Gasteiger partial charge in [0.05, 0.1) is 4.88 Å². The highest BCUT2D eigenvalue weighted by Gasteiger charge is 2.20. The molecule has 0 spiro atoms. The number of nitrogens with two attached hydrogens (primary N) is 1. The lowest BCUT2D eigenvalue weighted by Crippen LogP contribution is -2.31. The van der Waals surface area contributed by atoms with E-state index in [1.165, 1.54) is 12.8 Å². The van der Waals surface area contributed by atoms with E-state index in [0.717, 1.165) is 23.5 Å². The highest BCUT2D eigenvalue weighted by molar-refractivity contribution is 8.00. The summed E-state index contributed by atoms with van der Waals surface area (Å²) in [5.41, 5.74) is 5.48. The van der Waals surface area contributed by atoms with E-state index in [2.05, 4.69) is 4.72 Å². The molecule has 0 saturated carbocycles. The Kier molecular flexibility index (Phi) is 5.24. The van der Waals surface area contributed by atoms with Crippen molar-refractivity contribution in [2.45, 2.75) is 28.7 Å². The van der Waals surface area contributed by atoms with Crippen LogP contribution in [0.2, 0.25) is 0 Å². The zero-order valence-corrected chi connectivity index (χ0v) is 13.6. The largest absolute Gasteiger partial charge is 0.389 e. The fourth-order valence-electron chi connectivity index (χ4n) is 1.84. The van der Waals surface area contributed by atoms with Crippen LogP contribution in [0.1, 0.15) is 24.1 Å². The van der Waals surface area contributed by atoms with Crippen molar-refractivity contribution in [3.63, 3.8) is 0 Å². The Hall–Kier alpha value is -0.150. The third-order valence-corrected chi connectivity index (χ3v) is 7.65. The number of rotatable bonds is 5. The molecule has 1 aliphatic heterocycles. The highest BCUT2D eigenvalue weighted by atomic mass is 32.2. The van der Waals surface area contributed by atoms with Gasteiger partial charge in [0.25, 0.3) is 0 Å². The summed E-state index contributed by atoms with van der Waals surface area (Å²) in [5.74, 6) is 1.12. The van der Waals surface area contributed by atoms with Gasteiger partial charge >= 0.3 is 0 Å². The third-order valence-electron chi connectivity index (χ3n) is 2.86. The van der Waals surface area contributed by atoms with E-state index in [1.54, 1.807) is 12.1 Å². The Morgan fingerprint density at radius 2 is 2.26 bits per heavy atom. The molecule has 106 valence electrons. The number of thiocarbonyl (C=S) groups is 1. The maximum absolute atomic E-state index is 12.1. The van der Waals surface area contributed by atoms with Gasteiger partial charge in [-0.2, -0.15) is 11.8 Å². The summed E-state index contributed by atoms with van der Waals surface area (Å²) in [5, 5.41) is 0.388. The predicted octanol–water partition coefficient (Wildman–Crippen LogP) is 1.95. The van der Waals surface area contributed by atoms with E-state index >= 15 is 0 Å². The molecule has 19 heavy (non-hydrogen) atoms. The van der Waals surface area contributed by atoms with Gasteiger partial charge in [-0.1, -0.05) is 18.6 Å². The zero-order chi connectivity index (χ0) is 13.9. The van der Waals surface area contributed by atoms with Gasteiger partial charge in [-0.25, -0.2) is 13.1 Å². The lowest BCUT2D eigenvalue weighted by Gasteiger charge is -2.21. The third kappa shape index (κ3) is 4.16. The first-order valence-corrected chi connectivity index (χ1v) is 9.75. The van der Waals surface area contributed by atoms with Gasteiger partial charge in [0.2, 0.25) is 10.0 Å². The van der Waals surface area contributed by atoms with Crippen LogP contribution in [0.3, 0.4) is 0 Å². The van der Waals surface area contributed by atoms with Gasteiger partial charge in [0, 0.05) is 11.8 Å². The molecule has 0 radical (unpaired) electrons. The molecular formula is C11H16N2O2S4. The molecule has 0 bridgehead atoms. The van der Waals surface area contributed by atoms with E-state index in [1.807, 2.05) is 11.8 Å². The van der Waals surface area contributed by atoms with Crippen molar-refractivity contribution in [2.24, 2.45) is 5.73 Å². The average Bonchev–Trinajstić information content (AvgIpc) is 2.88. The smallest absolute Gasteiger partial charge is 0.250 e. The van der Waals surface area contributed by atoms with Crippen LogP contribution in [-0.4, -0.2) is 31.0 Å². The molecule has 1 saturated heterocycles. The van der Waals surface area contributed by atoms with Crippen molar-refractivity contribution < 1.29 is 8.42 Å². The molecule has 0 amide bonds. The first-order chi connectivity index (χ1) is 8.99. The lowest BCUT2D eigenvalue weighted by molar-refractivity contribution is 0.576. The second kappa shape index (κ2) is 6.53. The van der Waals surface area contributed by atoms with Crippen molar-refractivity contribution in [2.75, 3.05) is 12.3 Å². The van der Waals surface area contributed by atoms with Crippen LogP contribution in [0.5, 0.6) is 0 Å². The number of thiophene rings is 1. The number of nitrogens with one attached hydrogen (secondary N) is 1. The Bertz CT molecular complexity index is 547. The first kappa shape index (κ1) is 15.2. The molecule has 1 aromatic heterocycles. The van der Waals surface area contributed by atoms with Crippen molar-refractivity contribution in [1.82, 2.24) is 4.72 Å². The molecule has 2 rings (SSSR count). The SMILES string of the molecule is NC(=S)c1ccc(S(=O)(=O)NCC2CCCCS2)s1. The van der Waals surface area contributed by atoms with Gasteiger partial charge in [-0.15, -0.1) is 11.3 Å². The van der Waals surface area contributed by atoms with E-state index < -0.39 is 10.0 Å². The summed E-state index contributed by atoms with van der Waals surface area (Å²) in [7, 11) is -3.43. The Balaban J connectivity index is 1.98. The van der Waals surface area contributed by atoms with Gasteiger partial charge in [-0.05, 0) is 30.7 Å². The summed E-state index contributed by atoms with van der Waals surface area (Å²) in [4.78, 5) is 0.858. The molecular weight excluding hydrogens is 320 g/mol. The minimum Gasteiger partial charge on any atom is -0.389 e. The highest BCUT2D eigenvalue weighted by Crippen LogP contribution is 2.25. The van der Waals surface area contributed by atoms with E-state index in [0.29, 0.717) is 16.7 Å². The molecule has 8 heteroatoms. The number of thioether (sulfide) groups is 1. The normalized spacial score (nSPS) is 20.3. The van der Waals surface area contributed by atoms with Crippen LogP contribution in [0.15, 0.2) is 16.3 Å². The fourth-order valence-corrected chi connectivity index (χ4v) is 5.66. The Morgan fingerprint density at radius 3 is 2.84 bits per heavy atom. The number of hydrogen-bond acceptors (Lipinski definition) is 5. The van der Waals surface area contributed by atoms with Gasteiger partial charge in [-0.3, -0.25) is 0 Å². The number of hydrogen-bond donors (Lipinski definition) is 2. The van der Waals surface area contributed by atoms with Crippen molar-refractivity contribution in [3.8, 4) is 0 Å². The predicted molar refractivity (Wildman–Crippen MR) is 85.5 cm³/mol. The minimum absolute atomic E-state index is 0.231. The molecule has 0 aliphatic carbocycles. The first-order valence-electron chi connectivity index (χ1n) is 6.00. The Labute approximate surface area is 127 Å². The van der Waals surface area contributed by atoms with Crippen LogP contribution in [0, 0.1) is 0 Å². The van der Waals surface area contributed by atoms with E-state index in [4.69, 9.17) is 18.0 Å². The van der Waals surface area contributed by atoms with Gasteiger partial charge in [0.15, 0.2) is 0 Å². The fraction of sp³-hybridized carbons (Fsp3) is 0.545. The minimum atomic E-state index is -3.43. The van der Waals surface area contributed by atoms with Crippen LogP contribution in [-0.2, 0) is 10.0 Å². The maximum atomic E-state index is 12.1. The topological polar surface area (TPSA) is 72.2 Å². The van der Waals surface area contributed by atoms with E-state index in [9.17, 15) is 8.42 Å². The Morgan fingerprint density at radius 1 is 1.47 bits per heavy atom. The van der Waals surface area contributed by atoms with Gasteiger partial charge < -0.3 is 5.73 Å². The van der Waals surface area contributed by atoms with Crippen molar-refractivity contribution >= 4 is 50.3 Å². The molecule has 1 fully saturated rings. The monoisotopic (exact) mass is 336 g/mol. The molecule has 1 aromatic rings. The summed E-state index contributed by atoms with van der Waals surface area (Å²) in [6.07, 6.45) is 3.50. The van der Waals surface area contributed by atoms with Crippen molar-refractivity contribution in [1.29, 1.82) is 0 Å². The standard InChI is InChI=1S/C11H16N2O2S4/c12-11(16)9-4-5-10(18-9)19(14,15)13-7-8-3-1-2-6-17-8/h4-5,8,13H,1-3,6-7H2,(H2,12,16). The second-order valence-corrected chi connectivity index (χ2v) is 9.25. The summed E-state index contributed by atoms with van der Waals surface area (Å²) >= 11 is 7.79. The second-order valence-electron chi connectivity index (χ2n) is 4.32. The molecule has 2 heterocycles. The summed E-state index contributed by atoms with van der Waals surface area (Å²) in [6, 6.07) is 3.20. The van der Waals surface area contributed by atoms with Crippen molar-refractivity contribution in [3.05, 3.63) is 17.0 Å². The average molecular weight is 337 g/mol. The van der Waals surface area contributed by atoms with Crippen LogP contribution in [0.25, 0.3) is 0 Å². The quantitative estimate of drug-likeness (QED) is 0.804. The molecule has 1 aliphatic rings. The van der Waals surface area contributed by atoms with Crippen LogP contribution < -0.4 is 10.5 Å². The van der Waals surface area contributed by atoms with Crippen LogP contribution in [0.4, 0.5) is 0 Å². The molecule has 0 aromatic carbocycles. The van der Waals surface area contributed by atoms with Gasteiger partial charge in [0.1, 0.15) is 9.20 Å². The molecule has 4 nitrogen and oxygen atoms in total. The zero-order valence-electron chi connectivity index (χ0n) is 10.3. The summed E-state index contributed by atoms with van der Waals surface area (Å²) in [6.45, 7) is 0.493.